The van der Waals surface area contributed by atoms with Gasteiger partial charge < -0.3 is 20.1 Å². The summed E-state index contributed by atoms with van der Waals surface area (Å²) in [6, 6.07) is 14.7. The summed E-state index contributed by atoms with van der Waals surface area (Å²) in [5.74, 6) is -1.34. The molecule has 0 spiro atoms. The largest absolute Gasteiger partial charge is 0.459 e. The van der Waals surface area contributed by atoms with Crippen molar-refractivity contribution in [3.8, 4) is 0 Å². The van der Waals surface area contributed by atoms with E-state index >= 15 is 0 Å². The van der Waals surface area contributed by atoms with Gasteiger partial charge in [-0.1, -0.05) is 65.7 Å². The Morgan fingerprint density at radius 1 is 1.12 bits per heavy atom. The summed E-state index contributed by atoms with van der Waals surface area (Å²) < 4.78 is 11.2. The zero-order valence-electron chi connectivity index (χ0n) is 18.3. The number of carbonyl (C=O) groups excluding carboxylic acids is 2. The van der Waals surface area contributed by atoms with Gasteiger partial charge in [-0.15, -0.1) is 0 Å². The molecule has 2 heterocycles. The molecule has 33 heavy (non-hydrogen) atoms. The average molecular weight is 487 g/mol. The molecule has 0 fully saturated rings. The third kappa shape index (κ3) is 4.70. The quantitative estimate of drug-likeness (QED) is 0.592. The Hall–Kier alpha value is -2.64. The van der Waals surface area contributed by atoms with Crippen LogP contribution in [0.4, 0.5) is 0 Å². The molecule has 2 aromatic rings. The van der Waals surface area contributed by atoms with Crippen molar-refractivity contribution in [3.05, 3.63) is 92.2 Å². The maximum absolute atomic E-state index is 13.4. The van der Waals surface area contributed by atoms with Crippen LogP contribution in [0.3, 0.4) is 0 Å². The SMILES string of the molecule is COC(COC(=O)C1=C(C)NC2=C(C(=O)CNC2)C1c1cccc(Cl)c1Cl)c1ccccc1. The number of ketones is 1. The number of esters is 1. The molecular formula is C25H24Cl2N2O4. The standard InChI is InChI=1S/C25H24Cl2N2O4/c1-14-21(25(31)33-13-20(32-2)15-7-4-3-5-8-15)22(16-9-6-10-17(26)24(16)27)23-18(29-14)11-28-12-19(23)30/h3-10,20,22,28-29H,11-13H2,1-2H3. The first-order chi connectivity index (χ1) is 15.9. The highest BCUT2D eigenvalue weighted by Crippen LogP contribution is 2.44. The molecule has 4 rings (SSSR count). The Balaban J connectivity index is 1.70. The monoisotopic (exact) mass is 486 g/mol. The van der Waals surface area contributed by atoms with Gasteiger partial charge in [0.15, 0.2) is 5.78 Å². The van der Waals surface area contributed by atoms with Gasteiger partial charge in [-0.2, -0.15) is 0 Å². The van der Waals surface area contributed by atoms with Crippen LogP contribution < -0.4 is 10.6 Å². The highest BCUT2D eigenvalue weighted by Gasteiger charge is 2.40. The van der Waals surface area contributed by atoms with Crippen LogP contribution in [0.2, 0.25) is 10.0 Å². The minimum atomic E-state index is -0.688. The van der Waals surface area contributed by atoms with E-state index in [1.165, 1.54) is 0 Å². The maximum Gasteiger partial charge on any atom is 0.336 e. The smallest absolute Gasteiger partial charge is 0.336 e. The lowest BCUT2D eigenvalue weighted by molar-refractivity contribution is -0.143. The average Bonchev–Trinajstić information content (AvgIpc) is 2.81. The van der Waals surface area contributed by atoms with E-state index in [0.717, 1.165) is 11.3 Å². The van der Waals surface area contributed by atoms with Gasteiger partial charge in [-0.3, -0.25) is 4.79 Å². The third-order valence-electron chi connectivity index (χ3n) is 5.87. The van der Waals surface area contributed by atoms with Crippen LogP contribution in [-0.2, 0) is 19.1 Å². The topological polar surface area (TPSA) is 76.7 Å². The van der Waals surface area contributed by atoms with Crippen molar-refractivity contribution in [2.24, 2.45) is 0 Å². The summed E-state index contributed by atoms with van der Waals surface area (Å²) in [6.45, 7) is 2.47. The van der Waals surface area contributed by atoms with Crippen LogP contribution in [0.5, 0.6) is 0 Å². The highest BCUT2D eigenvalue weighted by atomic mass is 35.5. The molecule has 2 unspecified atom stereocenters. The molecule has 0 radical (unpaired) electrons. The Kier molecular flexibility index (Phi) is 7.20. The van der Waals surface area contributed by atoms with Crippen molar-refractivity contribution in [3.63, 3.8) is 0 Å². The molecule has 2 N–H and O–H groups in total. The number of rotatable bonds is 6. The predicted molar refractivity (Wildman–Crippen MR) is 127 cm³/mol. The molecule has 6 nitrogen and oxygen atoms in total. The van der Waals surface area contributed by atoms with Crippen LogP contribution in [-0.4, -0.2) is 38.6 Å². The molecule has 2 aromatic carbocycles. The number of hydrogen-bond donors (Lipinski definition) is 2. The second kappa shape index (κ2) is 10.1. The summed E-state index contributed by atoms with van der Waals surface area (Å²) in [5.41, 5.74) is 3.64. The van der Waals surface area contributed by atoms with Crippen LogP contribution >= 0.6 is 23.2 Å². The lowest BCUT2D eigenvalue weighted by Gasteiger charge is -2.35. The van der Waals surface area contributed by atoms with Gasteiger partial charge >= 0.3 is 5.97 Å². The van der Waals surface area contributed by atoms with Crippen molar-refractivity contribution in [2.45, 2.75) is 18.9 Å². The predicted octanol–water partition coefficient (Wildman–Crippen LogP) is 4.31. The van der Waals surface area contributed by atoms with Crippen LogP contribution in [0.25, 0.3) is 0 Å². The van der Waals surface area contributed by atoms with Crippen molar-refractivity contribution >= 4 is 35.0 Å². The molecule has 0 saturated carbocycles. The first-order valence-corrected chi connectivity index (χ1v) is 11.3. The molecule has 2 aliphatic heterocycles. The van der Waals surface area contributed by atoms with Gasteiger partial charge in [0.05, 0.1) is 22.2 Å². The molecule has 0 amide bonds. The minimum absolute atomic E-state index is 0.0214. The van der Waals surface area contributed by atoms with E-state index in [1.807, 2.05) is 30.3 Å². The zero-order chi connectivity index (χ0) is 23.5. The van der Waals surface area contributed by atoms with Crippen LogP contribution in [0.1, 0.15) is 30.1 Å². The van der Waals surface area contributed by atoms with Gasteiger partial charge in [0.25, 0.3) is 0 Å². The van der Waals surface area contributed by atoms with Gasteiger partial charge in [-0.25, -0.2) is 4.79 Å². The fraction of sp³-hybridized carbons (Fsp3) is 0.280. The fourth-order valence-corrected chi connectivity index (χ4v) is 4.70. The summed E-state index contributed by atoms with van der Waals surface area (Å²) in [5, 5.41) is 6.95. The molecule has 0 saturated heterocycles. The molecule has 0 bridgehead atoms. The normalized spacial score (nSPS) is 19.2. The molecule has 8 heteroatoms. The van der Waals surface area contributed by atoms with E-state index in [-0.39, 0.29) is 18.9 Å². The molecule has 2 atom stereocenters. The lowest BCUT2D eigenvalue weighted by Crippen LogP contribution is -2.43. The van der Waals surface area contributed by atoms with E-state index < -0.39 is 18.0 Å². The Morgan fingerprint density at radius 2 is 1.88 bits per heavy atom. The van der Waals surface area contributed by atoms with Gasteiger partial charge in [0.1, 0.15) is 12.7 Å². The number of carbonyl (C=O) groups is 2. The van der Waals surface area contributed by atoms with E-state index in [1.54, 1.807) is 32.2 Å². The Morgan fingerprint density at radius 3 is 2.61 bits per heavy atom. The Bertz CT molecular complexity index is 1140. The number of Topliss-reactive ketones (excluding diaryl/α,β-unsaturated/α-hetero) is 1. The van der Waals surface area contributed by atoms with Gasteiger partial charge in [0, 0.05) is 36.5 Å². The van der Waals surface area contributed by atoms with Crippen molar-refractivity contribution in [2.75, 3.05) is 26.8 Å². The summed E-state index contributed by atoms with van der Waals surface area (Å²) in [7, 11) is 1.57. The second-order valence-corrected chi connectivity index (χ2v) is 8.68. The number of benzene rings is 2. The number of nitrogens with one attached hydrogen (secondary N) is 2. The fourth-order valence-electron chi connectivity index (χ4n) is 4.28. The van der Waals surface area contributed by atoms with Crippen LogP contribution in [0.15, 0.2) is 71.1 Å². The number of halogens is 2. The first-order valence-electron chi connectivity index (χ1n) is 10.6. The van der Waals surface area contributed by atoms with E-state index in [2.05, 4.69) is 10.6 Å². The zero-order valence-corrected chi connectivity index (χ0v) is 19.8. The number of ether oxygens (including phenoxy) is 2. The van der Waals surface area contributed by atoms with E-state index in [4.69, 9.17) is 32.7 Å². The van der Waals surface area contributed by atoms with Crippen molar-refractivity contribution < 1.29 is 19.1 Å². The first kappa shape index (κ1) is 23.5. The minimum Gasteiger partial charge on any atom is -0.459 e. The highest BCUT2D eigenvalue weighted by molar-refractivity contribution is 6.42. The third-order valence-corrected chi connectivity index (χ3v) is 6.70. The summed E-state index contributed by atoms with van der Waals surface area (Å²) in [6.07, 6.45) is -0.420. The lowest BCUT2D eigenvalue weighted by atomic mass is 9.77. The molecule has 0 aliphatic carbocycles. The van der Waals surface area contributed by atoms with Crippen molar-refractivity contribution in [1.82, 2.24) is 10.6 Å². The van der Waals surface area contributed by atoms with Crippen molar-refractivity contribution in [1.29, 1.82) is 0 Å². The van der Waals surface area contributed by atoms with Gasteiger partial charge in [-0.05, 0) is 24.1 Å². The molecule has 0 aromatic heterocycles. The molecule has 172 valence electrons. The number of dihydropyridines is 1. The number of methoxy groups -OCH3 is 1. The number of allylic oxidation sites excluding steroid dienone is 1. The molecule has 2 aliphatic rings. The Labute approximate surface area is 202 Å². The van der Waals surface area contributed by atoms with E-state index in [0.29, 0.717) is 39.0 Å². The summed E-state index contributed by atoms with van der Waals surface area (Å²) >= 11 is 12.8. The second-order valence-electron chi connectivity index (χ2n) is 7.89. The maximum atomic E-state index is 13.4. The molecular weight excluding hydrogens is 463 g/mol. The van der Waals surface area contributed by atoms with Crippen LogP contribution in [0, 0.1) is 0 Å². The number of hydrogen-bond acceptors (Lipinski definition) is 6. The van der Waals surface area contributed by atoms with Gasteiger partial charge in [0.2, 0.25) is 0 Å². The summed E-state index contributed by atoms with van der Waals surface area (Å²) in [4.78, 5) is 26.4. The van der Waals surface area contributed by atoms with E-state index in [9.17, 15) is 9.59 Å².